The van der Waals surface area contributed by atoms with E-state index in [-0.39, 0.29) is 30.7 Å². The van der Waals surface area contributed by atoms with Gasteiger partial charge in [-0.2, -0.15) is 0 Å². The Morgan fingerprint density at radius 3 is 2.59 bits per heavy atom. The van der Waals surface area contributed by atoms with Crippen molar-refractivity contribution in [2.45, 2.75) is 25.4 Å². The van der Waals surface area contributed by atoms with Crippen LogP contribution in [0, 0.1) is 0 Å². The summed E-state index contributed by atoms with van der Waals surface area (Å²) in [5.74, 6) is 0.996. The third kappa shape index (κ3) is 1.94. The van der Waals surface area contributed by atoms with Gasteiger partial charge in [0.25, 0.3) is 5.91 Å². The first-order chi connectivity index (χ1) is 10.5. The van der Waals surface area contributed by atoms with E-state index < -0.39 is 0 Å². The molecule has 3 aliphatic rings. The molecule has 22 heavy (non-hydrogen) atoms. The third-order valence-corrected chi connectivity index (χ3v) is 4.86. The van der Waals surface area contributed by atoms with Crippen molar-refractivity contribution in [3.05, 3.63) is 22.7 Å². The Morgan fingerprint density at radius 2 is 1.91 bits per heavy atom. The van der Waals surface area contributed by atoms with Crippen LogP contribution in [0.3, 0.4) is 0 Å². The van der Waals surface area contributed by atoms with Gasteiger partial charge in [0.2, 0.25) is 12.7 Å². The van der Waals surface area contributed by atoms with Crippen molar-refractivity contribution in [2.75, 3.05) is 19.9 Å². The van der Waals surface area contributed by atoms with Crippen LogP contribution in [-0.4, -0.2) is 53.6 Å². The fourth-order valence-corrected chi connectivity index (χ4v) is 3.82. The topological polar surface area (TPSA) is 59.1 Å². The molecule has 4 rings (SSSR count). The summed E-state index contributed by atoms with van der Waals surface area (Å²) in [6, 6.07) is 3.51. The van der Waals surface area contributed by atoms with E-state index in [2.05, 4.69) is 0 Å². The predicted octanol–water partition coefficient (Wildman–Crippen LogP) is 1.51. The first-order valence-electron chi connectivity index (χ1n) is 7.22. The molecule has 2 atom stereocenters. The lowest BCUT2D eigenvalue weighted by atomic mass is 10.1. The molecule has 0 aliphatic carbocycles. The third-order valence-electron chi connectivity index (χ3n) is 4.58. The van der Waals surface area contributed by atoms with Gasteiger partial charge in [-0.1, -0.05) is 11.6 Å². The van der Waals surface area contributed by atoms with Gasteiger partial charge in [-0.15, -0.1) is 0 Å². The molecule has 6 nitrogen and oxygen atoms in total. The van der Waals surface area contributed by atoms with Crippen LogP contribution in [0.25, 0.3) is 0 Å². The standard InChI is InChI=1S/C15H15ClN2O4/c1-8(19)17-5-11-4-10(17)6-18(11)15(20)9-2-12(16)14-13(3-9)21-7-22-14/h2-3,10-11H,4-7H2,1H3/t10-,11-/m0/s1. The van der Waals surface area contributed by atoms with Gasteiger partial charge in [-0.05, 0) is 18.6 Å². The van der Waals surface area contributed by atoms with Crippen molar-refractivity contribution in [1.82, 2.24) is 9.80 Å². The Morgan fingerprint density at radius 1 is 1.18 bits per heavy atom. The normalized spacial score (nSPS) is 25.0. The van der Waals surface area contributed by atoms with Crippen LogP contribution in [0.2, 0.25) is 5.02 Å². The van der Waals surface area contributed by atoms with Crippen molar-refractivity contribution in [3.8, 4) is 11.5 Å². The van der Waals surface area contributed by atoms with Gasteiger partial charge < -0.3 is 19.3 Å². The summed E-state index contributed by atoms with van der Waals surface area (Å²) in [5.41, 5.74) is 0.496. The number of carbonyl (C=O) groups is 2. The highest BCUT2D eigenvalue weighted by atomic mass is 35.5. The van der Waals surface area contributed by atoms with E-state index in [1.807, 2.05) is 9.80 Å². The van der Waals surface area contributed by atoms with Crippen molar-refractivity contribution < 1.29 is 19.1 Å². The quantitative estimate of drug-likeness (QED) is 0.786. The zero-order valence-corrected chi connectivity index (χ0v) is 12.8. The van der Waals surface area contributed by atoms with Crippen molar-refractivity contribution in [1.29, 1.82) is 0 Å². The van der Waals surface area contributed by atoms with Crippen LogP contribution in [0.1, 0.15) is 23.7 Å². The van der Waals surface area contributed by atoms with Crippen LogP contribution in [0.15, 0.2) is 12.1 Å². The highest BCUT2D eigenvalue weighted by Crippen LogP contribution is 2.41. The number of piperazine rings is 1. The summed E-state index contributed by atoms with van der Waals surface area (Å²) < 4.78 is 10.6. The van der Waals surface area contributed by atoms with Gasteiger partial charge in [0, 0.05) is 25.6 Å². The zero-order valence-electron chi connectivity index (χ0n) is 12.0. The fourth-order valence-electron chi connectivity index (χ4n) is 3.56. The zero-order chi connectivity index (χ0) is 15.4. The number of rotatable bonds is 1. The van der Waals surface area contributed by atoms with Crippen LogP contribution in [-0.2, 0) is 4.79 Å². The number of benzene rings is 1. The van der Waals surface area contributed by atoms with Gasteiger partial charge in [-0.25, -0.2) is 0 Å². The second kappa shape index (κ2) is 4.78. The number of nitrogens with zero attached hydrogens (tertiary/aromatic N) is 2. The van der Waals surface area contributed by atoms with Crippen molar-refractivity contribution in [2.24, 2.45) is 0 Å². The maximum absolute atomic E-state index is 12.7. The molecule has 0 radical (unpaired) electrons. The van der Waals surface area contributed by atoms with Crippen LogP contribution in [0.4, 0.5) is 0 Å². The van der Waals surface area contributed by atoms with E-state index in [9.17, 15) is 9.59 Å². The average Bonchev–Trinajstić information content (AvgIpc) is 3.20. The van der Waals surface area contributed by atoms with Crippen molar-refractivity contribution >= 4 is 23.4 Å². The molecular formula is C15H15ClN2O4. The number of fused-ring (bicyclic) bond motifs is 3. The summed E-state index contributed by atoms with van der Waals surface area (Å²) in [7, 11) is 0. The number of likely N-dealkylation sites (tertiary alicyclic amines) is 2. The molecule has 7 heteroatoms. The summed E-state index contributed by atoms with van der Waals surface area (Å²) in [5, 5.41) is 0.382. The van der Waals surface area contributed by atoms with E-state index in [1.54, 1.807) is 19.1 Å². The molecule has 1 aromatic carbocycles. The maximum Gasteiger partial charge on any atom is 0.254 e. The Balaban J connectivity index is 1.57. The average molecular weight is 323 g/mol. The smallest absolute Gasteiger partial charge is 0.254 e. The Kier molecular flexibility index (Phi) is 2.97. The molecule has 2 amide bonds. The number of amides is 2. The van der Waals surface area contributed by atoms with E-state index in [0.29, 0.717) is 35.2 Å². The molecule has 0 N–H and O–H groups in total. The summed E-state index contributed by atoms with van der Waals surface area (Å²) >= 11 is 6.14. The van der Waals surface area contributed by atoms with Crippen LogP contribution in [0.5, 0.6) is 11.5 Å². The molecule has 2 saturated heterocycles. The number of hydrogen-bond donors (Lipinski definition) is 0. The van der Waals surface area contributed by atoms with Gasteiger partial charge in [0.05, 0.1) is 17.1 Å². The molecule has 0 unspecified atom stereocenters. The minimum Gasteiger partial charge on any atom is -0.454 e. The number of ether oxygens (including phenoxy) is 2. The van der Waals surface area contributed by atoms with E-state index in [4.69, 9.17) is 21.1 Å². The maximum atomic E-state index is 12.7. The highest BCUT2D eigenvalue weighted by Gasteiger charge is 2.46. The van der Waals surface area contributed by atoms with Crippen molar-refractivity contribution in [3.63, 3.8) is 0 Å². The summed E-state index contributed by atoms with van der Waals surface area (Å²) in [4.78, 5) is 27.9. The van der Waals surface area contributed by atoms with Gasteiger partial charge >= 0.3 is 0 Å². The van der Waals surface area contributed by atoms with E-state index in [0.717, 1.165) is 6.42 Å². The van der Waals surface area contributed by atoms with Crippen LogP contribution < -0.4 is 9.47 Å². The van der Waals surface area contributed by atoms with Gasteiger partial charge in [0.15, 0.2) is 11.5 Å². The Labute approximate surface area is 132 Å². The lowest BCUT2D eigenvalue weighted by molar-refractivity contribution is -0.130. The monoisotopic (exact) mass is 322 g/mol. The summed E-state index contributed by atoms with van der Waals surface area (Å²) in [6.45, 7) is 2.89. The molecule has 3 aliphatic heterocycles. The number of carbonyl (C=O) groups excluding carboxylic acids is 2. The minimum atomic E-state index is -0.0732. The molecule has 2 fully saturated rings. The van der Waals surface area contributed by atoms with Gasteiger partial charge in [-0.3, -0.25) is 9.59 Å². The molecule has 0 spiro atoms. The van der Waals surface area contributed by atoms with E-state index >= 15 is 0 Å². The molecule has 3 heterocycles. The molecule has 0 saturated carbocycles. The number of hydrogen-bond acceptors (Lipinski definition) is 4. The SMILES string of the molecule is CC(=O)N1C[C@@H]2C[C@H]1CN2C(=O)c1cc(Cl)c2c(c1)OCO2. The number of halogens is 1. The first kappa shape index (κ1) is 13.7. The van der Waals surface area contributed by atoms with E-state index in [1.165, 1.54) is 0 Å². The lowest BCUT2D eigenvalue weighted by Gasteiger charge is -2.33. The molecule has 2 bridgehead atoms. The Hall–Kier alpha value is -1.95. The minimum absolute atomic E-state index is 0.0732. The summed E-state index contributed by atoms with van der Waals surface area (Å²) in [6.07, 6.45) is 0.851. The largest absolute Gasteiger partial charge is 0.454 e. The van der Waals surface area contributed by atoms with Crippen LogP contribution >= 0.6 is 11.6 Å². The molecule has 1 aromatic rings. The molecule has 116 valence electrons. The lowest BCUT2D eigenvalue weighted by Crippen LogP contribution is -2.50. The first-order valence-corrected chi connectivity index (χ1v) is 7.59. The Bertz CT molecular complexity index is 678. The fraction of sp³-hybridized carbons (Fsp3) is 0.467. The second-order valence-electron chi connectivity index (χ2n) is 5.86. The predicted molar refractivity (Wildman–Crippen MR) is 78.2 cm³/mol. The second-order valence-corrected chi connectivity index (χ2v) is 6.27. The molecular weight excluding hydrogens is 308 g/mol. The molecule has 0 aromatic heterocycles. The highest BCUT2D eigenvalue weighted by molar-refractivity contribution is 6.32. The van der Waals surface area contributed by atoms with Gasteiger partial charge in [0.1, 0.15) is 0 Å².